The summed E-state index contributed by atoms with van der Waals surface area (Å²) in [6, 6.07) is 6.20. The molecule has 0 N–H and O–H groups in total. The molecule has 2 aromatic heterocycles. The van der Waals surface area contributed by atoms with Crippen molar-refractivity contribution in [3.63, 3.8) is 0 Å². The Labute approximate surface area is 150 Å². The van der Waals surface area contributed by atoms with Crippen molar-refractivity contribution in [3.05, 3.63) is 41.6 Å². The Morgan fingerprint density at radius 3 is 2.72 bits per heavy atom. The SMILES string of the molecule is Cc1ccc(CN(CCN(C)C)Cc2ccnn2[C@@H]2CCCCO2)o1. The highest BCUT2D eigenvalue weighted by molar-refractivity contribution is 5.07. The van der Waals surface area contributed by atoms with Crippen molar-refractivity contribution in [1.82, 2.24) is 19.6 Å². The lowest BCUT2D eigenvalue weighted by molar-refractivity contribution is -0.0421. The Balaban J connectivity index is 1.69. The molecule has 0 spiro atoms. The first-order chi connectivity index (χ1) is 12.1. The maximum Gasteiger partial charge on any atom is 0.150 e. The summed E-state index contributed by atoms with van der Waals surface area (Å²) >= 11 is 0. The van der Waals surface area contributed by atoms with Gasteiger partial charge in [-0.15, -0.1) is 0 Å². The minimum absolute atomic E-state index is 0.0836. The lowest BCUT2D eigenvalue weighted by atomic mass is 10.2. The molecule has 0 radical (unpaired) electrons. The van der Waals surface area contributed by atoms with Crippen molar-refractivity contribution >= 4 is 0 Å². The summed E-state index contributed by atoms with van der Waals surface area (Å²) in [7, 11) is 4.21. The van der Waals surface area contributed by atoms with Crippen molar-refractivity contribution in [2.75, 3.05) is 33.8 Å². The molecule has 0 amide bonds. The molecule has 25 heavy (non-hydrogen) atoms. The van der Waals surface area contributed by atoms with Crippen molar-refractivity contribution in [2.24, 2.45) is 0 Å². The van der Waals surface area contributed by atoms with Gasteiger partial charge in [-0.25, -0.2) is 4.68 Å². The average molecular weight is 346 g/mol. The van der Waals surface area contributed by atoms with E-state index in [1.54, 1.807) is 0 Å². The molecule has 1 saturated heterocycles. The van der Waals surface area contributed by atoms with E-state index >= 15 is 0 Å². The number of aromatic nitrogens is 2. The lowest BCUT2D eigenvalue weighted by Crippen LogP contribution is -2.32. The highest BCUT2D eigenvalue weighted by atomic mass is 16.5. The third-order valence-electron chi connectivity index (χ3n) is 4.61. The molecule has 0 bridgehead atoms. The van der Waals surface area contributed by atoms with E-state index in [-0.39, 0.29) is 6.23 Å². The molecule has 138 valence electrons. The highest BCUT2D eigenvalue weighted by Gasteiger charge is 2.20. The Hall–Kier alpha value is -1.63. The molecule has 1 fully saturated rings. The number of likely N-dealkylation sites (N-methyl/N-ethyl adjacent to an activating group) is 1. The monoisotopic (exact) mass is 346 g/mol. The zero-order valence-corrected chi connectivity index (χ0v) is 15.6. The van der Waals surface area contributed by atoms with Crippen LogP contribution in [0.1, 0.15) is 42.7 Å². The van der Waals surface area contributed by atoms with E-state index in [1.807, 2.05) is 19.2 Å². The summed E-state index contributed by atoms with van der Waals surface area (Å²) in [6.45, 7) is 6.45. The van der Waals surface area contributed by atoms with Gasteiger partial charge in [-0.3, -0.25) is 4.90 Å². The molecule has 1 atom stereocenters. The van der Waals surface area contributed by atoms with E-state index in [1.165, 1.54) is 12.1 Å². The zero-order valence-electron chi connectivity index (χ0n) is 15.6. The molecule has 1 aliphatic heterocycles. The van der Waals surface area contributed by atoms with Gasteiger partial charge in [-0.1, -0.05) is 0 Å². The van der Waals surface area contributed by atoms with Crippen LogP contribution in [0.5, 0.6) is 0 Å². The first-order valence-corrected chi connectivity index (χ1v) is 9.18. The number of nitrogens with zero attached hydrogens (tertiary/aromatic N) is 4. The molecule has 0 aliphatic carbocycles. The maximum atomic E-state index is 5.92. The molecule has 0 aromatic carbocycles. The second kappa shape index (κ2) is 8.65. The van der Waals surface area contributed by atoms with E-state index in [0.717, 1.165) is 57.1 Å². The second-order valence-corrected chi connectivity index (χ2v) is 7.11. The average Bonchev–Trinajstić information content (AvgIpc) is 3.22. The number of rotatable bonds is 8. The third kappa shape index (κ3) is 5.17. The fourth-order valence-electron chi connectivity index (χ4n) is 3.22. The van der Waals surface area contributed by atoms with Gasteiger partial charge >= 0.3 is 0 Å². The molecular formula is C19H30N4O2. The summed E-state index contributed by atoms with van der Waals surface area (Å²) in [5.41, 5.74) is 1.20. The van der Waals surface area contributed by atoms with Crippen molar-refractivity contribution in [2.45, 2.75) is 45.5 Å². The molecule has 1 aliphatic rings. The minimum atomic E-state index is 0.0836. The van der Waals surface area contributed by atoms with Gasteiger partial charge in [0, 0.05) is 32.4 Å². The molecule has 6 nitrogen and oxygen atoms in total. The van der Waals surface area contributed by atoms with E-state index in [0.29, 0.717) is 0 Å². The van der Waals surface area contributed by atoms with E-state index in [4.69, 9.17) is 9.15 Å². The molecule has 3 heterocycles. The quantitative estimate of drug-likeness (QED) is 0.735. The Bertz CT molecular complexity index is 643. The van der Waals surface area contributed by atoms with E-state index in [9.17, 15) is 0 Å². The minimum Gasteiger partial charge on any atom is -0.465 e. The molecule has 3 rings (SSSR count). The fraction of sp³-hybridized carbons (Fsp3) is 0.632. The van der Waals surface area contributed by atoms with Crippen LogP contribution in [0.3, 0.4) is 0 Å². The topological polar surface area (TPSA) is 46.7 Å². The summed E-state index contributed by atoms with van der Waals surface area (Å²) < 4.78 is 13.8. The van der Waals surface area contributed by atoms with Crippen molar-refractivity contribution in [3.8, 4) is 0 Å². The van der Waals surface area contributed by atoms with Crippen molar-refractivity contribution < 1.29 is 9.15 Å². The number of aryl methyl sites for hydroxylation is 1. The van der Waals surface area contributed by atoms with Gasteiger partial charge < -0.3 is 14.1 Å². The van der Waals surface area contributed by atoms with Gasteiger partial charge in [-0.2, -0.15) is 5.10 Å². The van der Waals surface area contributed by atoms with Crippen LogP contribution in [0, 0.1) is 6.92 Å². The Kier molecular flexibility index (Phi) is 6.29. The summed E-state index contributed by atoms with van der Waals surface area (Å²) in [6.07, 6.45) is 5.37. The van der Waals surface area contributed by atoms with E-state index in [2.05, 4.69) is 45.8 Å². The predicted octanol–water partition coefficient (Wildman–Crippen LogP) is 3.05. The molecule has 0 saturated carbocycles. The standard InChI is InChI=1S/C19H30N4O2/c1-16-7-8-18(25-16)15-22(12-11-21(2)3)14-17-9-10-20-23(17)19-6-4-5-13-24-19/h7-10,19H,4-6,11-15H2,1-3H3/t19-/m0/s1. The molecule has 0 unspecified atom stereocenters. The molecule has 6 heteroatoms. The molecular weight excluding hydrogens is 316 g/mol. The number of ether oxygens (including phenoxy) is 1. The van der Waals surface area contributed by atoms with Crippen molar-refractivity contribution in [1.29, 1.82) is 0 Å². The lowest BCUT2D eigenvalue weighted by Gasteiger charge is -2.27. The van der Waals surface area contributed by atoms with Crippen LogP contribution in [-0.2, 0) is 17.8 Å². The zero-order chi connectivity index (χ0) is 17.6. The number of hydrogen-bond donors (Lipinski definition) is 0. The smallest absolute Gasteiger partial charge is 0.150 e. The van der Waals surface area contributed by atoms with Crippen LogP contribution < -0.4 is 0 Å². The Morgan fingerprint density at radius 1 is 1.16 bits per heavy atom. The van der Waals surface area contributed by atoms with Crippen LogP contribution in [-0.4, -0.2) is 53.4 Å². The van der Waals surface area contributed by atoms with Gasteiger partial charge in [0.05, 0.1) is 12.2 Å². The summed E-state index contributed by atoms with van der Waals surface area (Å²) in [5, 5.41) is 4.53. The number of hydrogen-bond acceptors (Lipinski definition) is 5. The predicted molar refractivity (Wildman–Crippen MR) is 97.2 cm³/mol. The second-order valence-electron chi connectivity index (χ2n) is 7.11. The normalized spacial score (nSPS) is 18.4. The fourth-order valence-corrected chi connectivity index (χ4v) is 3.22. The maximum absolute atomic E-state index is 5.92. The largest absolute Gasteiger partial charge is 0.465 e. The molecule has 2 aromatic rings. The third-order valence-corrected chi connectivity index (χ3v) is 4.61. The van der Waals surface area contributed by atoms with Gasteiger partial charge in [-0.05, 0) is 58.5 Å². The van der Waals surface area contributed by atoms with Gasteiger partial charge in [0.25, 0.3) is 0 Å². The van der Waals surface area contributed by atoms with Crippen LogP contribution in [0.4, 0.5) is 0 Å². The van der Waals surface area contributed by atoms with Gasteiger partial charge in [0.1, 0.15) is 11.5 Å². The van der Waals surface area contributed by atoms with E-state index < -0.39 is 0 Å². The summed E-state index contributed by atoms with van der Waals surface area (Å²) in [4.78, 5) is 4.62. The number of furan rings is 1. The Morgan fingerprint density at radius 2 is 2.04 bits per heavy atom. The van der Waals surface area contributed by atoms with Gasteiger partial charge in [0.15, 0.2) is 6.23 Å². The van der Waals surface area contributed by atoms with Crippen LogP contribution in [0.2, 0.25) is 0 Å². The first-order valence-electron chi connectivity index (χ1n) is 9.18. The first kappa shape index (κ1) is 18.2. The van der Waals surface area contributed by atoms with Crippen LogP contribution in [0.25, 0.3) is 0 Å². The highest BCUT2D eigenvalue weighted by Crippen LogP contribution is 2.24. The van der Waals surface area contributed by atoms with Gasteiger partial charge in [0.2, 0.25) is 0 Å². The summed E-state index contributed by atoms with van der Waals surface area (Å²) in [5.74, 6) is 1.97. The van der Waals surface area contributed by atoms with Crippen LogP contribution in [0.15, 0.2) is 28.8 Å². The van der Waals surface area contributed by atoms with Crippen LogP contribution >= 0.6 is 0 Å².